The predicted octanol–water partition coefficient (Wildman–Crippen LogP) is 3.13. The van der Waals surface area contributed by atoms with Crippen molar-refractivity contribution in [2.75, 3.05) is 13.2 Å². The molecule has 1 aliphatic carbocycles. The predicted molar refractivity (Wildman–Crippen MR) is 72.2 cm³/mol. The van der Waals surface area contributed by atoms with Crippen molar-refractivity contribution in [3.05, 3.63) is 22.3 Å². The molecule has 94 valence electrons. The fourth-order valence-corrected chi connectivity index (χ4v) is 2.09. The topological polar surface area (TPSA) is 34.2 Å². The van der Waals surface area contributed by atoms with Gasteiger partial charge in [-0.3, -0.25) is 0 Å². The van der Waals surface area contributed by atoms with E-state index in [1.54, 1.807) is 6.20 Å². The molecule has 0 radical (unpaired) electrons. The number of ether oxygens (including phenoxy) is 1. The van der Waals surface area contributed by atoms with Crippen LogP contribution in [0.3, 0.4) is 0 Å². The van der Waals surface area contributed by atoms with E-state index in [0.717, 1.165) is 41.5 Å². The summed E-state index contributed by atoms with van der Waals surface area (Å²) in [6.45, 7) is 4.65. The summed E-state index contributed by atoms with van der Waals surface area (Å²) in [7, 11) is 0. The molecule has 0 aliphatic heterocycles. The maximum absolute atomic E-state index is 5.77. The number of hydrogen-bond acceptors (Lipinski definition) is 3. The lowest BCUT2D eigenvalue weighted by Crippen LogP contribution is -2.14. The van der Waals surface area contributed by atoms with E-state index >= 15 is 0 Å². The Balaban J connectivity index is 1.92. The molecular formula is C13H19BrN2O. The van der Waals surface area contributed by atoms with Gasteiger partial charge in [0.1, 0.15) is 0 Å². The molecule has 0 amide bonds. The van der Waals surface area contributed by atoms with Gasteiger partial charge in [0.15, 0.2) is 0 Å². The van der Waals surface area contributed by atoms with Gasteiger partial charge in [-0.15, -0.1) is 0 Å². The first-order chi connectivity index (χ1) is 8.29. The van der Waals surface area contributed by atoms with Gasteiger partial charge in [-0.05, 0) is 40.9 Å². The molecule has 4 heteroatoms. The summed E-state index contributed by atoms with van der Waals surface area (Å²) in [4.78, 5) is 4.34. The molecule has 1 aromatic rings. The monoisotopic (exact) mass is 298 g/mol. The Labute approximate surface area is 111 Å². The molecule has 2 rings (SSSR count). The van der Waals surface area contributed by atoms with Crippen molar-refractivity contribution in [3.8, 4) is 5.88 Å². The summed E-state index contributed by atoms with van der Waals surface area (Å²) < 4.78 is 6.77. The third-order valence-electron chi connectivity index (χ3n) is 2.92. The molecule has 1 saturated carbocycles. The largest absolute Gasteiger partial charge is 0.477 e. The van der Waals surface area contributed by atoms with Crippen molar-refractivity contribution in [3.63, 3.8) is 0 Å². The molecule has 3 nitrogen and oxygen atoms in total. The number of pyridine rings is 1. The van der Waals surface area contributed by atoms with Crippen molar-refractivity contribution in [2.24, 2.45) is 5.92 Å². The quantitative estimate of drug-likeness (QED) is 0.840. The fourth-order valence-electron chi connectivity index (χ4n) is 1.71. The molecule has 1 aromatic heterocycles. The van der Waals surface area contributed by atoms with E-state index in [9.17, 15) is 0 Å². The van der Waals surface area contributed by atoms with E-state index in [-0.39, 0.29) is 0 Å². The molecule has 1 fully saturated rings. The van der Waals surface area contributed by atoms with E-state index in [2.05, 4.69) is 39.2 Å². The van der Waals surface area contributed by atoms with Gasteiger partial charge in [0.2, 0.25) is 5.88 Å². The average Bonchev–Trinajstić information content (AvgIpc) is 3.13. The Morgan fingerprint density at radius 2 is 2.35 bits per heavy atom. The van der Waals surface area contributed by atoms with Crippen molar-refractivity contribution in [1.29, 1.82) is 0 Å². The summed E-state index contributed by atoms with van der Waals surface area (Å²) in [6, 6.07) is 2.07. The molecule has 0 unspecified atom stereocenters. The minimum absolute atomic E-state index is 0.773. The maximum Gasteiger partial charge on any atom is 0.217 e. The van der Waals surface area contributed by atoms with Crippen molar-refractivity contribution < 1.29 is 4.74 Å². The Kier molecular flexibility index (Phi) is 4.80. The Bertz CT molecular complexity index is 366. The van der Waals surface area contributed by atoms with Crippen LogP contribution in [0, 0.1) is 5.92 Å². The maximum atomic E-state index is 5.77. The Morgan fingerprint density at radius 1 is 1.53 bits per heavy atom. The minimum atomic E-state index is 0.773. The fraction of sp³-hybridized carbons (Fsp3) is 0.615. The number of hydrogen-bond donors (Lipinski definition) is 1. The zero-order valence-corrected chi connectivity index (χ0v) is 11.8. The van der Waals surface area contributed by atoms with Crippen LogP contribution in [0.1, 0.15) is 31.7 Å². The van der Waals surface area contributed by atoms with E-state index in [1.165, 1.54) is 19.3 Å². The molecule has 0 saturated heterocycles. The molecule has 0 spiro atoms. The Morgan fingerprint density at radius 3 is 3.06 bits per heavy atom. The second-order valence-corrected chi connectivity index (χ2v) is 5.39. The lowest BCUT2D eigenvalue weighted by Gasteiger charge is -2.10. The summed E-state index contributed by atoms with van der Waals surface area (Å²) in [5, 5.41) is 3.30. The third kappa shape index (κ3) is 4.28. The van der Waals surface area contributed by atoms with Gasteiger partial charge in [0.05, 0.1) is 6.61 Å². The molecular weight excluding hydrogens is 280 g/mol. The highest BCUT2D eigenvalue weighted by Crippen LogP contribution is 2.32. The summed E-state index contributed by atoms with van der Waals surface area (Å²) in [5.41, 5.74) is 1.12. The van der Waals surface area contributed by atoms with Crippen LogP contribution in [0.4, 0.5) is 0 Å². The Hall–Kier alpha value is -0.610. The van der Waals surface area contributed by atoms with E-state index in [1.807, 2.05) is 0 Å². The summed E-state index contributed by atoms with van der Waals surface area (Å²) >= 11 is 3.44. The second-order valence-electron chi connectivity index (χ2n) is 4.48. The standard InChI is InChI=1S/C13H19BrN2O/c1-2-15-8-11-7-12(14)9-16-13(11)17-6-5-10-3-4-10/h7,9-10,15H,2-6,8H2,1H3. The first-order valence-corrected chi connectivity index (χ1v) is 7.07. The van der Waals surface area contributed by atoms with Gasteiger partial charge >= 0.3 is 0 Å². The van der Waals surface area contributed by atoms with Gasteiger partial charge in [-0.2, -0.15) is 0 Å². The van der Waals surface area contributed by atoms with Crippen LogP contribution in [0.2, 0.25) is 0 Å². The van der Waals surface area contributed by atoms with Crippen LogP contribution in [0.15, 0.2) is 16.7 Å². The van der Waals surface area contributed by atoms with Gasteiger partial charge in [-0.25, -0.2) is 4.98 Å². The number of nitrogens with one attached hydrogen (secondary N) is 1. The highest BCUT2D eigenvalue weighted by Gasteiger charge is 2.21. The lowest BCUT2D eigenvalue weighted by molar-refractivity contribution is 0.287. The van der Waals surface area contributed by atoms with E-state index in [4.69, 9.17) is 4.74 Å². The average molecular weight is 299 g/mol. The number of rotatable bonds is 7. The van der Waals surface area contributed by atoms with Gasteiger partial charge in [0, 0.05) is 22.8 Å². The highest BCUT2D eigenvalue weighted by molar-refractivity contribution is 9.10. The first-order valence-electron chi connectivity index (χ1n) is 6.27. The molecule has 1 aliphatic rings. The van der Waals surface area contributed by atoms with E-state index < -0.39 is 0 Å². The second kappa shape index (κ2) is 6.36. The molecule has 17 heavy (non-hydrogen) atoms. The minimum Gasteiger partial charge on any atom is -0.477 e. The van der Waals surface area contributed by atoms with Crippen LogP contribution in [0.25, 0.3) is 0 Å². The number of halogens is 1. The third-order valence-corrected chi connectivity index (χ3v) is 3.35. The van der Waals surface area contributed by atoms with Gasteiger partial charge in [0.25, 0.3) is 0 Å². The zero-order valence-electron chi connectivity index (χ0n) is 10.2. The van der Waals surface area contributed by atoms with Gasteiger partial charge in [-0.1, -0.05) is 19.8 Å². The SMILES string of the molecule is CCNCc1cc(Br)cnc1OCCC1CC1. The molecule has 0 aromatic carbocycles. The van der Waals surface area contributed by atoms with Crippen LogP contribution >= 0.6 is 15.9 Å². The normalized spacial score (nSPS) is 14.9. The van der Waals surface area contributed by atoms with Crippen molar-refractivity contribution in [1.82, 2.24) is 10.3 Å². The summed E-state index contributed by atoms with van der Waals surface area (Å²) in [5.74, 6) is 1.68. The van der Waals surface area contributed by atoms with Crippen molar-refractivity contribution >= 4 is 15.9 Å². The highest BCUT2D eigenvalue weighted by atomic mass is 79.9. The molecule has 0 atom stereocenters. The first kappa shape index (κ1) is 12.8. The van der Waals surface area contributed by atoms with Crippen molar-refractivity contribution in [2.45, 2.75) is 32.7 Å². The van der Waals surface area contributed by atoms with Crippen LogP contribution < -0.4 is 10.1 Å². The smallest absolute Gasteiger partial charge is 0.217 e. The van der Waals surface area contributed by atoms with Crippen LogP contribution in [-0.4, -0.2) is 18.1 Å². The van der Waals surface area contributed by atoms with E-state index in [0.29, 0.717) is 0 Å². The molecule has 1 N–H and O–H groups in total. The molecule has 0 bridgehead atoms. The molecule has 1 heterocycles. The number of nitrogens with zero attached hydrogens (tertiary/aromatic N) is 1. The van der Waals surface area contributed by atoms with Crippen LogP contribution in [0.5, 0.6) is 5.88 Å². The lowest BCUT2D eigenvalue weighted by atomic mass is 10.2. The van der Waals surface area contributed by atoms with Gasteiger partial charge < -0.3 is 10.1 Å². The number of aromatic nitrogens is 1. The van der Waals surface area contributed by atoms with Crippen LogP contribution in [-0.2, 0) is 6.54 Å². The zero-order chi connectivity index (χ0) is 12.1. The summed E-state index contributed by atoms with van der Waals surface area (Å²) in [6.07, 6.45) is 5.71.